The van der Waals surface area contributed by atoms with Gasteiger partial charge in [0.2, 0.25) is 0 Å². The van der Waals surface area contributed by atoms with Gasteiger partial charge in [0.15, 0.2) is 5.82 Å². The van der Waals surface area contributed by atoms with Crippen LogP contribution in [0.15, 0.2) is 28.8 Å². The number of rotatable bonds is 4. The lowest BCUT2D eigenvalue weighted by atomic mass is 10.1. The first-order valence-corrected chi connectivity index (χ1v) is 5.94. The maximum Gasteiger partial charge on any atom is 0.321 e. The Hall–Kier alpha value is -1.84. The number of aromatic nitrogens is 2. The molecule has 0 saturated heterocycles. The van der Waals surface area contributed by atoms with E-state index in [1.165, 1.54) is 24.0 Å². The molecule has 0 bridgehead atoms. The van der Waals surface area contributed by atoms with E-state index in [0.29, 0.717) is 12.1 Å². The van der Waals surface area contributed by atoms with E-state index in [-0.39, 0.29) is 0 Å². The topological polar surface area (TPSA) is 51.0 Å². The van der Waals surface area contributed by atoms with Crippen LogP contribution in [0.3, 0.4) is 0 Å². The van der Waals surface area contributed by atoms with Crippen LogP contribution in [-0.2, 0) is 6.42 Å². The van der Waals surface area contributed by atoms with Crippen LogP contribution in [0.1, 0.15) is 29.8 Å². The molecule has 17 heavy (non-hydrogen) atoms. The molecule has 1 aromatic heterocycles. The maximum absolute atomic E-state index is 5.15. The first-order valence-electron chi connectivity index (χ1n) is 5.94. The highest BCUT2D eigenvalue weighted by Gasteiger charge is 2.23. The predicted octanol–water partition coefficient (Wildman–Crippen LogP) is 2.54. The van der Waals surface area contributed by atoms with Crippen molar-refractivity contribution in [2.24, 2.45) is 0 Å². The van der Waals surface area contributed by atoms with E-state index in [0.717, 1.165) is 12.2 Å². The minimum Gasteiger partial charge on any atom is -0.335 e. The van der Waals surface area contributed by atoms with Crippen LogP contribution in [0.2, 0.25) is 0 Å². The number of benzene rings is 1. The smallest absolute Gasteiger partial charge is 0.321 e. The molecule has 0 amide bonds. The number of anilines is 1. The average molecular weight is 229 g/mol. The van der Waals surface area contributed by atoms with E-state index in [1.807, 2.05) is 6.07 Å². The highest BCUT2D eigenvalue weighted by Crippen LogP contribution is 2.23. The van der Waals surface area contributed by atoms with Crippen LogP contribution in [-0.4, -0.2) is 16.2 Å². The molecule has 1 fully saturated rings. The summed E-state index contributed by atoms with van der Waals surface area (Å²) in [6.45, 7) is 2.08. The minimum absolute atomic E-state index is 0.544. The van der Waals surface area contributed by atoms with Crippen LogP contribution in [0.5, 0.6) is 0 Å². The van der Waals surface area contributed by atoms with Gasteiger partial charge in [0.25, 0.3) is 0 Å². The van der Waals surface area contributed by atoms with E-state index < -0.39 is 0 Å². The Labute approximate surface area is 100 Å². The fourth-order valence-corrected chi connectivity index (χ4v) is 1.79. The fourth-order valence-electron chi connectivity index (χ4n) is 1.79. The number of hydrogen-bond acceptors (Lipinski definition) is 4. The van der Waals surface area contributed by atoms with Gasteiger partial charge >= 0.3 is 6.01 Å². The van der Waals surface area contributed by atoms with Crippen LogP contribution >= 0.6 is 0 Å². The van der Waals surface area contributed by atoms with Gasteiger partial charge in [0.05, 0.1) is 0 Å². The first-order chi connectivity index (χ1) is 8.29. The number of nitrogens with one attached hydrogen (secondary N) is 1. The molecule has 4 nitrogen and oxygen atoms in total. The van der Waals surface area contributed by atoms with Gasteiger partial charge in [-0.15, -0.1) is 0 Å². The van der Waals surface area contributed by atoms with Crippen molar-refractivity contribution in [3.63, 3.8) is 0 Å². The van der Waals surface area contributed by atoms with Crippen molar-refractivity contribution in [3.05, 3.63) is 41.2 Å². The summed E-state index contributed by atoms with van der Waals surface area (Å²) in [6.07, 6.45) is 3.13. The summed E-state index contributed by atoms with van der Waals surface area (Å²) in [7, 11) is 0. The lowest BCUT2D eigenvalue weighted by Gasteiger charge is -1.98. The van der Waals surface area contributed by atoms with Gasteiger partial charge in [-0.25, -0.2) is 0 Å². The number of nitrogens with zero attached hydrogens (tertiary/aromatic N) is 2. The molecule has 0 radical (unpaired) electrons. The normalized spacial score (nSPS) is 14.9. The zero-order valence-electron chi connectivity index (χ0n) is 9.81. The summed E-state index contributed by atoms with van der Waals surface area (Å²) in [5.41, 5.74) is 2.46. The highest BCUT2D eigenvalue weighted by atomic mass is 16.5. The van der Waals surface area contributed by atoms with Crippen LogP contribution < -0.4 is 5.32 Å². The third kappa shape index (κ3) is 2.64. The van der Waals surface area contributed by atoms with Gasteiger partial charge in [-0.3, -0.25) is 0 Å². The molecule has 88 valence electrons. The van der Waals surface area contributed by atoms with E-state index in [2.05, 4.69) is 40.6 Å². The molecular weight excluding hydrogens is 214 g/mol. The average Bonchev–Trinajstić information content (AvgIpc) is 2.99. The molecule has 2 aromatic rings. The number of hydrogen-bond donors (Lipinski definition) is 1. The Morgan fingerprint density at radius 3 is 3.06 bits per heavy atom. The molecule has 0 spiro atoms. The molecule has 1 aromatic carbocycles. The summed E-state index contributed by atoms with van der Waals surface area (Å²) in [6, 6.07) is 9.45. The van der Waals surface area contributed by atoms with Crippen molar-refractivity contribution < 1.29 is 4.52 Å². The zero-order valence-corrected chi connectivity index (χ0v) is 9.81. The van der Waals surface area contributed by atoms with Gasteiger partial charge in [-0.05, 0) is 25.3 Å². The van der Waals surface area contributed by atoms with Crippen molar-refractivity contribution in [1.29, 1.82) is 0 Å². The van der Waals surface area contributed by atoms with E-state index in [1.54, 1.807) is 0 Å². The molecule has 4 heteroatoms. The molecule has 0 aliphatic heterocycles. The molecule has 1 N–H and O–H groups in total. The summed E-state index contributed by atoms with van der Waals surface area (Å²) in [4.78, 5) is 4.33. The second-order valence-electron chi connectivity index (χ2n) is 4.60. The SMILES string of the molecule is Cc1cccc(Cc2noc(NC3CC3)n2)c1. The van der Waals surface area contributed by atoms with E-state index in [4.69, 9.17) is 4.52 Å². The van der Waals surface area contributed by atoms with Crippen molar-refractivity contribution in [3.8, 4) is 0 Å². The second-order valence-corrected chi connectivity index (χ2v) is 4.60. The van der Waals surface area contributed by atoms with Crippen LogP contribution in [0.4, 0.5) is 6.01 Å². The molecule has 1 aliphatic rings. The Bertz CT molecular complexity index is 517. The molecule has 1 aliphatic carbocycles. The highest BCUT2D eigenvalue weighted by molar-refractivity contribution is 5.27. The molecule has 0 unspecified atom stereocenters. The summed E-state index contributed by atoms with van der Waals surface area (Å²) in [5, 5.41) is 7.17. The van der Waals surface area contributed by atoms with Gasteiger partial charge in [0.1, 0.15) is 0 Å². The quantitative estimate of drug-likeness (QED) is 0.875. The van der Waals surface area contributed by atoms with Crippen LogP contribution in [0, 0.1) is 6.92 Å². The molecule has 0 atom stereocenters. The molecule has 1 heterocycles. The van der Waals surface area contributed by atoms with Crippen molar-refractivity contribution in [2.45, 2.75) is 32.2 Å². The Morgan fingerprint density at radius 2 is 2.29 bits per heavy atom. The Morgan fingerprint density at radius 1 is 1.41 bits per heavy atom. The van der Waals surface area contributed by atoms with Gasteiger partial charge in [-0.1, -0.05) is 35.0 Å². The zero-order chi connectivity index (χ0) is 11.7. The summed E-state index contributed by atoms with van der Waals surface area (Å²) >= 11 is 0. The van der Waals surface area contributed by atoms with Gasteiger partial charge < -0.3 is 9.84 Å². The third-order valence-electron chi connectivity index (χ3n) is 2.82. The van der Waals surface area contributed by atoms with Crippen molar-refractivity contribution in [1.82, 2.24) is 10.1 Å². The maximum atomic E-state index is 5.15. The first kappa shape index (κ1) is 10.3. The third-order valence-corrected chi connectivity index (χ3v) is 2.82. The van der Waals surface area contributed by atoms with Crippen molar-refractivity contribution >= 4 is 6.01 Å². The fraction of sp³-hybridized carbons (Fsp3) is 0.385. The van der Waals surface area contributed by atoms with Crippen molar-refractivity contribution in [2.75, 3.05) is 5.32 Å². The number of aryl methyl sites for hydroxylation is 1. The van der Waals surface area contributed by atoms with Gasteiger partial charge in [0, 0.05) is 12.5 Å². The predicted molar refractivity (Wildman–Crippen MR) is 64.9 cm³/mol. The lowest BCUT2D eigenvalue weighted by Crippen LogP contribution is -2.01. The molecule has 1 saturated carbocycles. The summed E-state index contributed by atoms with van der Waals surface area (Å²) in [5.74, 6) is 0.735. The Kier molecular flexibility index (Phi) is 2.55. The minimum atomic E-state index is 0.544. The largest absolute Gasteiger partial charge is 0.335 e. The molecular formula is C13H15N3O. The second kappa shape index (κ2) is 4.20. The van der Waals surface area contributed by atoms with E-state index in [9.17, 15) is 0 Å². The Balaban J connectivity index is 1.69. The van der Waals surface area contributed by atoms with Gasteiger partial charge in [-0.2, -0.15) is 4.98 Å². The summed E-state index contributed by atoms with van der Waals surface area (Å²) < 4.78 is 5.15. The monoisotopic (exact) mass is 229 g/mol. The lowest BCUT2D eigenvalue weighted by molar-refractivity contribution is 0.423. The standard InChI is InChI=1S/C13H15N3O/c1-9-3-2-4-10(7-9)8-12-15-13(17-16-12)14-11-5-6-11/h2-4,7,11H,5-6,8H2,1H3,(H,14,15,16). The van der Waals surface area contributed by atoms with Crippen LogP contribution in [0.25, 0.3) is 0 Å². The molecule has 3 rings (SSSR count). The van der Waals surface area contributed by atoms with E-state index >= 15 is 0 Å².